The zero-order chi connectivity index (χ0) is 18.0. The van der Waals surface area contributed by atoms with Crippen LogP contribution in [0.3, 0.4) is 0 Å². The van der Waals surface area contributed by atoms with E-state index >= 15 is 0 Å². The second-order valence-electron chi connectivity index (χ2n) is 5.55. The zero-order valence-corrected chi connectivity index (χ0v) is 14.3. The normalized spacial score (nSPS) is 17.0. The van der Waals surface area contributed by atoms with Crippen molar-refractivity contribution in [3.05, 3.63) is 59.7 Å². The van der Waals surface area contributed by atoms with Gasteiger partial charge in [-0.15, -0.1) is 11.8 Å². The summed E-state index contributed by atoms with van der Waals surface area (Å²) >= 11 is 1.33. The molecule has 0 spiro atoms. The smallest absolute Gasteiger partial charge is 0.238 e. The highest BCUT2D eigenvalue weighted by Gasteiger charge is 2.35. The molecule has 1 atom stereocenters. The maximum Gasteiger partial charge on any atom is 0.238 e. The molecule has 4 nitrogen and oxygen atoms in total. The number of rotatable bonds is 4. The molecule has 0 saturated carbocycles. The lowest BCUT2D eigenvalue weighted by Crippen LogP contribution is -2.28. The van der Waals surface area contributed by atoms with Crippen LogP contribution < -0.4 is 10.2 Å². The topological polar surface area (TPSA) is 49.4 Å². The van der Waals surface area contributed by atoms with Gasteiger partial charge in [-0.1, -0.05) is 19.1 Å². The molecule has 2 aromatic rings. The summed E-state index contributed by atoms with van der Waals surface area (Å²) in [6, 6.07) is 10.1. The third-order valence-electron chi connectivity index (χ3n) is 3.81. The predicted octanol–water partition coefficient (Wildman–Crippen LogP) is 4.09. The first-order valence-electron chi connectivity index (χ1n) is 7.78. The zero-order valence-electron chi connectivity index (χ0n) is 13.5. The van der Waals surface area contributed by atoms with Gasteiger partial charge in [0.2, 0.25) is 11.8 Å². The number of benzene rings is 2. The molecule has 1 saturated heterocycles. The maximum atomic E-state index is 14.2. The van der Waals surface area contributed by atoms with Crippen molar-refractivity contribution >= 4 is 35.0 Å². The van der Waals surface area contributed by atoms with E-state index in [9.17, 15) is 18.4 Å². The molecule has 1 heterocycles. The van der Waals surface area contributed by atoms with Gasteiger partial charge in [0.1, 0.15) is 17.0 Å². The van der Waals surface area contributed by atoms with Gasteiger partial charge in [-0.05, 0) is 29.8 Å². The Bertz CT molecular complexity index is 828. The van der Waals surface area contributed by atoms with E-state index in [4.69, 9.17) is 0 Å². The van der Waals surface area contributed by atoms with Crippen LogP contribution in [0.2, 0.25) is 0 Å². The molecule has 0 aromatic heterocycles. The third-order valence-corrected chi connectivity index (χ3v) is 5.02. The Balaban J connectivity index is 1.96. The second-order valence-corrected chi connectivity index (χ2v) is 6.62. The van der Waals surface area contributed by atoms with E-state index in [0.29, 0.717) is 12.1 Å². The molecule has 2 aromatic carbocycles. The van der Waals surface area contributed by atoms with Gasteiger partial charge >= 0.3 is 0 Å². The molecule has 130 valence electrons. The fraction of sp³-hybridized carbons (Fsp3) is 0.222. The van der Waals surface area contributed by atoms with E-state index in [2.05, 4.69) is 5.32 Å². The summed E-state index contributed by atoms with van der Waals surface area (Å²) in [5, 5.41) is 2.27. The minimum Gasteiger partial charge on any atom is -0.326 e. The van der Waals surface area contributed by atoms with E-state index in [-0.39, 0.29) is 23.3 Å². The van der Waals surface area contributed by atoms with Crippen molar-refractivity contribution in [1.29, 1.82) is 0 Å². The van der Waals surface area contributed by atoms with E-state index in [1.54, 1.807) is 31.2 Å². The average Bonchev–Trinajstić information content (AvgIpc) is 2.98. The Hall–Kier alpha value is -2.41. The quantitative estimate of drug-likeness (QED) is 0.891. The molecule has 0 unspecified atom stereocenters. The summed E-state index contributed by atoms with van der Waals surface area (Å²) in [5.74, 6) is -1.50. The standard InChI is InChI=1S/C18H16F2N2O2S/c1-2-16(23)21-13-5-3-4-11(8-13)18-22(17(24)10-25-18)15-9-12(19)6-7-14(15)20/h3-9,18H,2,10H2,1H3,(H,21,23)/t18-/m0/s1. The second kappa shape index (κ2) is 7.23. The Kier molecular flexibility index (Phi) is 5.03. The summed E-state index contributed by atoms with van der Waals surface area (Å²) in [5.41, 5.74) is 1.25. The van der Waals surface area contributed by atoms with Crippen molar-refractivity contribution in [3.63, 3.8) is 0 Å². The number of nitrogens with one attached hydrogen (secondary N) is 1. The molecular formula is C18H16F2N2O2S. The maximum absolute atomic E-state index is 14.2. The van der Waals surface area contributed by atoms with Gasteiger partial charge in [-0.25, -0.2) is 8.78 Å². The molecule has 1 aliphatic rings. The number of carbonyl (C=O) groups excluding carboxylic acids is 2. The monoisotopic (exact) mass is 362 g/mol. The van der Waals surface area contributed by atoms with Gasteiger partial charge < -0.3 is 5.32 Å². The highest BCUT2D eigenvalue weighted by atomic mass is 32.2. The Morgan fingerprint density at radius 2 is 2.08 bits per heavy atom. The van der Waals surface area contributed by atoms with Crippen LogP contribution in [-0.2, 0) is 9.59 Å². The molecule has 1 aliphatic heterocycles. The van der Waals surface area contributed by atoms with Gasteiger partial charge in [-0.2, -0.15) is 0 Å². The van der Waals surface area contributed by atoms with E-state index in [0.717, 1.165) is 23.8 Å². The number of thioether (sulfide) groups is 1. The lowest BCUT2D eigenvalue weighted by Gasteiger charge is -2.25. The molecule has 1 fully saturated rings. The van der Waals surface area contributed by atoms with Crippen LogP contribution in [0.5, 0.6) is 0 Å². The van der Waals surface area contributed by atoms with Crippen LogP contribution in [0.25, 0.3) is 0 Å². The summed E-state index contributed by atoms with van der Waals surface area (Å²) in [4.78, 5) is 25.1. The minimum atomic E-state index is -0.655. The van der Waals surface area contributed by atoms with Gasteiger partial charge in [0.05, 0.1) is 11.4 Å². The first-order valence-corrected chi connectivity index (χ1v) is 8.83. The number of amides is 2. The van der Waals surface area contributed by atoms with E-state index in [1.807, 2.05) is 0 Å². The van der Waals surface area contributed by atoms with Gasteiger partial charge in [0, 0.05) is 18.2 Å². The van der Waals surface area contributed by atoms with Crippen molar-refractivity contribution in [2.45, 2.75) is 18.7 Å². The van der Waals surface area contributed by atoms with Crippen LogP contribution in [-0.4, -0.2) is 17.6 Å². The van der Waals surface area contributed by atoms with Crippen molar-refractivity contribution in [3.8, 4) is 0 Å². The minimum absolute atomic E-state index is 0.0806. The predicted molar refractivity (Wildman–Crippen MR) is 94.4 cm³/mol. The number of hydrogen-bond acceptors (Lipinski definition) is 3. The molecule has 0 radical (unpaired) electrons. The average molecular weight is 362 g/mol. The van der Waals surface area contributed by atoms with Crippen molar-refractivity contribution < 1.29 is 18.4 Å². The van der Waals surface area contributed by atoms with Crippen molar-refractivity contribution in [1.82, 2.24) is 0 Å². The molecule has 7 heteroatoms. The Labute approximate surface area is 148 Å². The first kappa shape index (κ1) is 17.4. The fourth-order valence-electron chi connectivity index (χ4n) is 2.62. The number of hydrogen-bond donors (Lipinski definition) is 1. The number of carbonyl (C=O) groups is 2. The summed E-state index contributed by atoms with van der Waals surface area (Å²) in [6.45, 7) is 1.75. The SMILES string of the molecule is CCC(=O)Nc1cccc([C@@H]2SCC(=O)N2c2cc(F)ccc2F)c1. The van der Waals surface area contributed by atoms with Gasteiger partial charge in [0.15, 0.2) is 0 Å². The van der Waals surface area contributed by atoms with E-state index in [1.165, 1.54) is 16.7 Å². The van der Waals surface area contributed by atoms with Gasteiger partial charge in [0.25, 0.3) is 0 Å². The van der Waals surface area contributed by atoms with Gasteiger partial charge in [-0.3, -0.25) is 14.5 Å². The van der Waals surface area contributed by atoms with Crippen LogP contribution in [0.1, 0.15) is 24.3 Å². The molecule has 1 N–H and O–H groups in total. The molecule has 2 amide bonds. The molecule has 0 bridgehead atoms. The molecular weight excluding hydrogens is 346 g/mol. The van der Waals surface area contributed by atoms with Crippen LogP contribution >= 0.6 is 11.8 Å². The fourth-order valence-corrected chi connectivity index (χ4v) is 3.78. The molecule has 25 heavy (non-hydrogen) atoms. The molecule has 0 aliphatic carbocycles. The van der Waals surface area contributed by atoms with Crippen LogP contribution in [0.15, 0.2) is 42.5 Å². The summed E-state index contributed by atoms with van der Waals surface area (Å²) in [7, 11) is 0. The third kappa shape index (κ3) is 3.66. The first-order chi connectivity index (χ1) is 12.0. The van der Waals surface area contributed by atoms with Crippen molar-refractivity contribution in [2.75, 3.05) is 16.0 Å². The summed E-state index contributed by atoms with van der Waals surface area (Å²) in [6.07, 6.45) is 0.349. The van der Waals surface area contributed by atoms with Crippen LogP contribution in [0, 0.1) is 11.6 Å². The number of halogens is 2. The van der Waals surface area contributed by atoms with Crippen LogP contribution in [0.4, 0.5) is 20.2 Å². The Morgan fingerprint density at radius 3 is 2.84 bits per heavy atom. The van der Waals surface area contributed by atoms with Crippen molar-refractivity contribution in [2.24, 2.45) is 0 Å². The molecule has 3 rings (SSSR count). The van der Waals surface area contributed by atoms with E-state index < -0.39 is 17.0 Å². The Morgan fingerprint density at radius 1 is 1.28 bits per heavy atom. The highest BCUT2D eigenvalue weighted by Crippen LogP contribution is 2.43. The lowest BCUT2D eigenvalue weighted by molar-refractivity contribution is -0.116. The summed E-state index contributed by atoms with van der Waals surface area (Å²) < 4.78 is 27.7. The highest BCUT2D eigenvalue weighted by molar-refractivity contribution is 8.00. The number of anilines is 2. The number of nitrogens with zero attached hydrogens (tertiary/aromatic N) is 1. The lowest BCUT2D eigenvalue weighted by atomic mass is 10.1. The largest absolute Gasteiger partial charge is 0.326 e.